The molecule has 2 bridgehead atoms. The lowest BCUT2D eigenvalue weighted by molar-refractivity contribution is 0.0717. The van der Waals surface area contributed by atoms with Crippen molar-refractivity contribution in [2.24, 2.45) is 0 Å². The van der Waals surface area contributed by atoms with Crippen LogP contribution in [0.2, 0.25) is 0 Å². The molecule has 178 valence electrons. The highest BCUT2D eigenvalue weighted by molar-refractivity contribution is 5.98. The van der Waals surface area contributed by atoms with Gasteiger partial charge in [0.2, 0.25) is 0 Å². The number of rotatable bonds is 4. The first-order chi connectivity index (χ1) is 17.5. The molecular weight excluding hydrogens is 446 g/mol. The molecule has 3 aliphatic rings. The van der Waals surface area contributed by atoms with Crippen LogP contribution in [0.1, 0.15) is 51.3 Å². The van der Waals surface area contributed by atoms with Crippen LogP contribution >= 0.6 is 0 Å². The minimum Gasteiger partial charge on any atom is -0.382 e. The van der Waals surface area contributed by atoms with Gasteiger partial charge in [-0.05, 0) is 97.1 Å². The van der Waals surface area contributed by atoms with E-state index in [2.05, 4.69) is 39.6 Å². The Balaban J connectivity index is 1.24. The maximum atomic E-state index is 13.1. The Morgan fingerprint density at radius 2 is 1.89 bits per heavy atom. The molecule has 1 fully saturated rings. The maximum absolute atomic E-state index is 13.1. The number of benzene rings is 2. The number of aryl methyl sites for hydroxylation is 2. The van der Waals surface area contributed by atoms with Crippen molar-refractivity contribution in [3.63, 3.8) is 0 Å². The van der Waals surface area contributed by atoms with Crippen molar-refractivity contribution in [3.05, 3.63) is 88.5 Å². The summed E-state index contributed by atoms with van der Waals surface area (Å²) in [6.45, 7) is 5.25. The molecule has 1 aliphatic heterocycles. The number of anilines is 1. The number of aromatic nitrogens is 2. The van der Waals surface area contributed by atoms with Gasteiger partial charge in [-0.1, -0.05) is 6.07 Å². The number of nitriles is 1. The minimum absolute atomic E-state index is 0.0637. The van der Waals surface area contributed by atoms with Crippen molar-refractivity contribution in [1.29, 1.82) is 5.26 Å². The summed E-state index contributed by atoms with van der Waals surface area (Å²) in [6.07, 6.45) is 6.33. The van der Waals surface area contributed by atoms with Crippen molar-refractivity contribution in [1.82, 2.24) is 14.9 Å². The van der Waals surface area contributed by atoms with E-state index in [9.17, 15) is 10.1 Å². The first-order valence-electron chi connectivity index (χ1n) is 12.4. The zero-order valence-corrected chi connectivity index (χ0v) is 20.5. The lowest BCUT2D eigenvalue weighted by Gasteiger charge is -2.33. The Bertz CT molecular complexity index is 1560. The molecule has 1 saturated heterocycles. The van der Waals surface area contributed by atoms with E-state index in [1.165, 1.54) is 5.56 Å². The molecule has 2 aromatic heterocycles. The second kappa shape index (κ2) is 8.76. The lowest BCUT2D eigenvalue weighted by atomic mass is 9.81. The number of piperidine rings is 1. The molecule has 1 N–H and O–H groups in total. The number of hydrogen-bond donors (Lipinski definition) is 1. The van der Waals surface area contributed by atoms with Gasteiger partial charge in [0.15, 0.2) is 0 Å². The van der Waals surface area contributed by atoms with Crippen molar-refractivity contribution < 1.29 is 4.79 Å². The monoisotopic (exact) mass is 473 g/mol. The zero-order valence-electron chi connectivity index (χ0n) is 20.5. The molecule has 0 radical (unpaired) electrons. The van der Waals surface area contributed by atoms with E-state index in [0.717, 1.165) is 69.4 Å². The fraction of sp³-hybridized carbons (Fsp3) is 0.267. The average Bonchev–Trinajstić information content (AvgIpc) is 2.88. The standard InChI is InChI=1S/C30H27N5O/c1-18-3-4-26(19(2)33-18)30(36)35-9-6-25(7-10-35)34-29-15-23(11-20-5-8-32-17-28(20)29)27-14-24(16-31)21-12-22(27)13-21/h3-5,8,11-12,14-15,17,25,34H,6-7,9-10,13H2,1-2H3. The highest BCUT2D eigenvalue weighted by Gasteiger charge is 2.26. The summed E-state index contributed by atoms with van der Waals surface area (Å²) in [4.78, 5) is 23.9. The molecule has 2 aromatic carbocycles. The molecular formula is C30H27N5O. The molecule has 3 heterocycles. The van der Waals surface area contributed by atoms with Gasteiger partial charge >= 0.3 is 0 Å². The van der Waals surface area contributed by atoms with E-state index in [-0.39, 0.29) is 11.9 Å². The SMILES string of the molecule is Cc1ccc(C(=O)N2CCC(Nc3cc(-c4cc(C#N)c5cc4C5)cc4ccncc34)CC2)c(C)n1. The van der Waals surface area contributed by atoms with Crippen LogP contribution in [0.4, 0.5) is 5.69 Å². The van der Waals surface area contributed by atoms with Gasteiger partial charge in [0.1, 0.15) is 0 Å². The average molecular weight is 474 g/mol. The van der Waals surface area contributed by atoms with E-state index in [1.54, 1.807) is 0 Å². The summed E-state index contributed by atoms with van der Waals surface area (Å²) in [6, 6.07) is 17.0. The van der Waals surface area contributed by atoms with Gasteiger partial charge in [-0.15, -0.1) is 0 Å². The molecule has 0 spiro atoms. The fourth-order valence-electron chi connectivity index (χ4n) is 5.44. The van der Waals surface area contributed by atoms with Crippen LogP contribution in [0.5, 0.6) is 0 Å². The van der Waals surface area contributed by atoms with E-state index in [1.807, 2.05) is 55.4 Å². The summed E-state index contributed by atoms with van der Waals surface area (Å²) in [5, 5.41) is 15.5. The van der Waals surface area contributed by atoms with E-state index < -0.39 is 0 Å². The topological polar surface area (TPSA) is 81.9 Å². The van der Waals surface area contributed by atoms with E-state index in [0.29, 0.717) is 18.7 Å². The van der Waals surface area contributed by atoms with Crippen LogP contribution in [0.15, 0.2) is 54.9 Å². The van der Waals surface area contributed by atoms with Crippen molar-refractivity contribution in [3.8, 4) is 17.2 Å². The Hall–Kier alpha value is -4.24. The predicted octanol–water partition coefficient (Wildman–Crippen LogP) is 5.41. The lowest BCUT2D eigenvalue weighted by Crippen LogP contribution is -2.42. The molecule has 7 rings (SSSR count). The molecule has 2 aliphatic carbocycles. The highest BCUT2D eigenvalue weighted by atomic mass is 16.2. The molecule has 6 heteroatoms. The molecule has 0 atom stereocenters. The Kier molecular flexibility index (Phi) is 5.41. The number of carbonyl (C=O) groups excluding carboxylic acids is 1. The van der Waals surface area contributed by atoms with Crippen molar-refractivity contribution in [2.75, 3.05) is 18.4 Å². The van der Waals surface area contributed by atoms with E-state index in [4.69, 9.17) is 0 Å². The highest BCUT2D eigenvalue weighted by Crippen LogP contribution is 2.39. The maximum Gasteiger partial charge on any atom is 0.255 e. The molecule has 6 nitrogen and oxygen atoms in total. The van der Waals surface area contributed by atoms with Crippen LogP contribution in [-0.4, -0.2) is 39.9 Å². The van der Waals surface area contributed by atoms with Crippen LogP contribution in [0.3, 0.4) is 0 Å². The molecule has 1 amide bonds. The third-order valence-corrected chi connectivity index (χ3v) is 7.49. The number of amides is 1. The largest absolute Gasteiger partial charge is 0.382 e. The van der Waals surface area contributed by atoms with Crippen LogP contribution in [0, 0.1) is 25.2 Å². The smallest absolute Gasteiger partial charge is 0.255 e. The van der Waals surface area contributed by atoms with Gasteiger partial charge in [0, 0.05) is 48.3 Å². The number of nitrogens with one attached hydrogen (secondary N) is 1. The predicted molar refractivity (Wildman–Crippen MR) is 141 cm³/mol. The summed E-state index contributed by atoms with van der Waals surface area (Å²) in [5.41, 5.74) is 8.89. The first kappa shape index (κ1) is 22.2. The molecule has 0 unspecified atom stereocenters. The molecule has 36 heavy (non-hydrogen) atoms. The second-order valence-corrected chi connectivity index (χ2v) is 9.87. The quantitative estimate of drug-likeness (QED) is 0.378. The number of likely N-dealkylation sites (tertiary alicyclic amines) is 1. The normalized spacial score (nSPS) is 14.9. The van der Waals surface area contributed by atoms with Gasteiger partial charge in [0.25, 0.3) is 5.91 Å². The fourth-order valence-corrected chi connectivity index (χ4v) is 5.44. The third kappa shape index (κ3) is 3.87. The van der Waals surface area contributed by atoms with Crippen LogP contribution in [-0.2, 0) is 6.42 Å². The third-order valence-electron chi connectivity index (χ3n) is 7.49. The van der Waals surface area contributed by atoms with Crippen LogP contribution in [0.25, 0.3) is 21.9 Å². The number of carbonyl (C=O) groups is 1. The minimum atomic E-state index is 0.0637. The summed E-state index contributed by atoms with van der Waals surface area (Å²) in [5.74, 6) is 0.0637. The number of pyridine rings is 2. The van der Waals surface area contributed by atoms with Gasteiger partial charge < -0.3 is 10.2 Å². The number of hydrogen-bond acceptors (Lipinski definition) is 5. The van der Waals surface area contributed by atoms with Gasteiger partial charge in [0.05, 0.1) is 22.9 Å². The summed E-state index contributed by atoms with van der Waals surface area (Å²) >= 11 is 0. The number of fused-ring (bicyclic) bond motifs is 3. The summed E-state index contributed by atoms with van der Waals surface area (Å²) in [7, 11) is 0. The number of nitrogens with zero attached hydrogens (tertiary/aromatic N) is 4. The molecule has 4 aromatic rings. The Morgan fingerprint density at radius 3 is 2.64 bits per heavy atom. The van der Waals surface area contributed by atoms with Gasteiger partial charge in [-0.3, -0.25) is 14.8 Å². The van der Waals surface area contributed by atoms with Crippen LogP contribution < -0.4 is 5.32 Å². The summed E-state index contributed by atoms with van der Waals surface area (Å²) < 4.78 is 0. The van der Waals surface area contributed by atoms with Crippen molar-refractivity contribution >= 4 is 22.4 Å². The zero-order chi connectivity index (χ0) is 24.8. The Morgan fingerprint density at radius 1 is 1.08 bits per heavy atom. The van der Waals surface area contributed by atoms with Gasteiger partial charge in [-0.25, -0.2) is 0 Å². The van der Waals surface area contributed by atoms with Gasteiger partial charge in [-0.2, -0.15) is 5.26 Å². The first-order valence-corrected chi connectivity index (χ1v) is 12.4. The van der Waals surface area contributed by atoms with E-state index >= 15 is 0 Å². The second-order valence-electron chi connectivity index (χ2n) is 9.87. The Labute approximate surface area is 210 Å². The van der Waals surface area contributed by atoms with Crippen molar-refractivity contribution in [2.45, 2.75) is 39.2 Å². The molecule has 0 saturated carbocycles.